The molecule has 0 aromatic carbocycles. The van der Waals surface area contributed by atoms with Gasteiger partial charge < -0.3 is 173 Å². The van der Waals surface area contributed by atoms with Gasteiger partial charge in [0.05, 0.1) is 46.2 Å². The lowest BCUT2D eigenvalue weighted by Crippen LogP contribution is -2.68. The minimum absolute atomic E-state index is 0.988. The maximum atomic E-state index is 11.6. The molecule has 35 unspecified atom stereocenters. The number of aliphatic hydroxyl groups excluding tert-OH is 20. The third kappa shape index (κ3) is 12.1. The van der Waals surface area contributed by atoms with Gasteiger partial charge in [0, 0.05) is 7.11 Å². The Morgan fingerprint density at radius 1 is 0.218 bits per heavy atom. The van der Waals surface area contributed by atoms with Gasteiger partial charge in [-0.1, -0.05) is 0 Å². The van der Waals surface area contributed by atoms with Crippen molar-refractivity contribution in [3.8, 4) is 0 Å². The van der Waals surface area contributed by atoms with E-state index in [-0.39, 0.29) is 0 Å². The van der Waals surface area contributed by atoms with E-state index < -0.39 is 261 Å². The zero-order chi connectivity index (χ0) is 56.8. The van der Waals surface area contributed by atoms with E-state index in [2.05, 4.69) is 0 Å². The average Bonchev–Trinajstić information content (AvgIpc) is 3.53. The standard InChI is InChI=1S/C43H72O35/c1-64-36-28(63)35-15(8-50)71-43(36)78-34-14(7-49)70-41(27(62)21(34)56)76-32-12(5-47)68-39(25(60)19(32)54)74-30-10(3-45)66-37(23(58)17(30)52)72-29-9(2-44)65-38(22(57)16(29)51)73-31-11(4-46)67-40(24(59)18(31)53)75-33-13(6-48)69-42(77-35)26(61)20(33)55/h9-63H,2-8H2,1H3. The molecule has 21 heterocycles. The molecule has 35 heteroatoms. The van der Waals surface area contributed by atoms with Crippen molar-refractivity contribution in [2.45, 2.75) is 215 Å². The van der Waals surface area contributed by atoms with Gasteiger partial charge in [-0.15, -0.1) is 0 Å². The van der Waals surface area contributed by atoms with Crippen molar-refractivity contribution < 1.29 is 173 Å². The lowest BCUT2D eigenvalue weighted by atomic mass is 9.95. The Bertz CT molecular complexity index is 1840. The van der Waals surface area contributed by atoms with Gasteiger partial charge in [0.15, 0.2) is 44.0 Å². The second kappa shape index (κ2) is 26.7. The van der Waals surface area contributed by atoms with Gasteiger partial charge in [-0.2, -0.15) is 0 Å². The molecule has 35 nitrogen and oxygen atoms in total. The summed E-state index contributed by atoms with van der Waals surface area (Å²) in [7, 11) is 1.06. The first kappa shape index (κ1) is 62.6. The fraction of sp³-hybridized carbons (Fsp3) is 1.00. The van der Waals surface area contributed by atoms with Crippen LogP contribution in [0.5, 0.6) is 0 Å². The normalized spacial score (nSPS) is 54.8. The molecule has 0 aromatic heterocycles. The van der Waals surface area contributed by atoms with Crippen LogP contribution in [0.15, 0.2) is 0 Å². The molecule has 0 saturated carbocycles. The molecule has 21 saturated heterocycles. The summed E-state index contributed by atoms with van der Waals surface area (Å²) in [5.41, 5.74) is 0. The molecule has 20 N–H and O–H groups in total. The minimum atomic E-state index is -2.20. The van der Waals surface area contributed by atoms with Crippen molar-refractivity contribution in [1.29, 1.82) is 0 Å². The topological polar surface area (TPSA) is 543 Å². The van der Waals surface area contributed by atoms with E-state index in [1.54, 1.807) is 0 Å². The van der Waals surface area contributed by atoms with E-state index >= 15 is 0 Å². The molecule has 21 fully saturated rings. The van der Waals surface area contributed by atoms with Crippen molar-refractivity contribution in [3.63, 3.8) is 0 Å². The molecule has 35 atom stereocenters. The summed E-state index contributed by atoms with van der Waals surface area (Å²) >= 11 is 0. The monoisotopic (exact) mass is 1150 g/mol. The molecule has 78 heavy (non-hydrogen) atoms. The predicted octanol–water partition coefficient (Wildman–Crippen LogP) is -14.6. The van der Waals surface area contributed by atoms with Gasteiger partial charge in [-0.05, 0) is 0 Å². The van der Waals surface area contributed by atoms with Crippen LogP contribution in [-0.4, -0.2) is 370 Å². The number of aliphatic hydroxyl groups is 20. The molecule has 0 aromatic rings. The van der Waals surface area contributed by atoms with E-state index in [9.17, 15) is 102 Å². The van der Waals surface area contributed by atoms with Crippen LogP contribution < -0.4 is 0 Å². The first-order chi connectivity index (χ1) is 37.2. The van der Waals surface area contributed by atoms with Crippen LogP contribution in [0.25, 0.3) is 0 Å². The quantitative estimate of drug-likeness (QED) is 0.107. The third-order valence-electron chi connectivity index (χ3n) is 15.0. The van der Waals surface area contributed by atoms with E-state index in [1.807, 2.05) is 0 Å². The van der Waals surface area contributed by atoms with Crippen molar-refractivity contribution in [3.05, 3.63) is 0 Å². The van der Waals surface area contributed by atoms with E-state index in [0.29, 0.717) is 0 Å². The van der Waals surface area contributed by atoms with Crippen molar-refractivity contribution in [2.75, 3.05) is 53.4 Å². The highest BCUT2D eigenvalue weighted by atomic mass is 16.8. The second-order valence-electron chi connectivity index (χ2n) is 19.9. The molecule has 0 amide bonds. The summed E-state index contributed by atoms with van der Waals surface area (Å²) in [5, 5.41) is 220. The number of methoxy groups -OCH3 is 1. The Labute approximate surface area is 441 Å². The molecular formula is C43H72O35. The van der Waals surface area contributed by atoms with E-state index in [1.165, 1.54) is 0 Å². The van der Waals surface area contributed by atoms with E-state index in [4.69, 9.17) is 71.1 Å². The molecule has 21 aliphatic heterocycles. The van der Waals surface area contributed by atoms with Gasteiger partial charge in [0.25, 0.3) is 0 Å². The zero-order valence-corrected chi connectivity index (χ0v) is 41.2. The highest BCUT2D eigenvalue weighted by Crippen LogP contribution is 2.39. The van der Waals surface area contributed by atoms with E-state index in [0.717, 1.165) is 7.11 Å². The first-order valence-electron chi connectivity index (χ1n) is 25.0. The molecule has 0 radical (unpaired) electrons. The predicted molar refractivity (Wildman–Crippen MR) is 233 cm³/mol. The second-order valence-corrected chi connectivity index (χ2v) is 19.9. The number of ether oxygens (including phenoxy) is 15. The summed E-state index contributed by atoms with van der Waals surface area (Å²) in [6, 6.07) is 0. The fourth-order valence-corrected chi connectivity index (χ4v) is 10.7. The smallest absolute Gasteiger partial charge is 0.187 e. The Balaban J connectivity index is 1.08. The average molecular weight is 1150 g/mol. The third-order valence-corrected chi connectivity index (χ3v) is 15.0. The number of rotatable bonds is 8. The molecule has 14 bridgehead atoms. The maximum absolute atomic E-state index is 11.6. The highest BCUT2D eigenvalue weighted by molar-refractivity contribution is 5.02. The molecule has 0 spiro atoms. The molecule has 21 rings (SSSR count). The summed E-state index contributed by atoms with van der Waals surface area (Å²) in [4.78, 5) is 0. The Morgan fingerprint density at radius 3 is 0.538 bits per heavy atom. The lowest BCUT2D eigenvalue weighted by molar-refractivity contribution is -0.397. The first-order valence-corrected chi connectivity index (χ1v) is 25.0. The van der Waals surface area contributed by atoms with Gasteiger partial charge in [0.2, 0.25) is 0 Å². The van der Waals surface area contributed by atoms with Crippen LogP contribution in [0.3, 0.4) is 0 Å². The van der Waals surface area contributed by atoms with Gasteiger partial charge in [-0.3, -0.25) is 0 Å². The Kier molecular flexibility index (Phi) is 21.4. The summed E-state index contributed by atoms with van der Waals surface area (Å²) in [5.74, 6) is 0. The van der Waals surface area contributed by atoms with Crippen LogP contribution in [0.1, 0.15) is 0 Å². The number of hydrogen-bond acceptors (Lipinski definition) is 35. The lowest BCUT2D eigenvalue weighted by Gasteiger charge is -2.50. The SMILES string of the molecule is COC1C2OC(CO)C(OC3OC(CO)C(OC4OC(CO)C(OC5OC(CO)C(OC6OC(CO)C(OC7OC(CO)C(OC8OC(CO)C(O2)C(O)C8O)C(O)C7O)C(O)C6O)C(O)C5O)C(O)C4O)C(O)C3O)C1O. The van der Waals surface area contributed by atoms with Crippen LogP contribution in [0.2, 0.25) is 0 Å². The Hall–Kier alpha value is -1.40. The van der Waals surface area contributed by atoms with Gasteiger partial charge in [-0.25, -0.2) is 0 Å². The largest absolute Gasteiger partial charge is 0.394 e. The van der Waals surface area contributed by atoms with Crippen molar-refractivity contribution >= 4 is 0 Å². The Morgan fingerprint density at radius 2 is 0.372 bits per heavy atom. The van der Waals surface area contributed by atoms with Crippen LogP contribution in [0, 0.1) is 0 Å². The minimum Gasteiger partial charge on any atom is -0.394 e. The number of hydrogen-bond donors (Lipinski definition) is 20. The van der Waals surface area contributed by atoms with Crippen LogP contribution >= 0.6 is 0 Å². The molecule has 21 aliphatic rings. The van der Waals surface area contributed by atoms with Crippen molar-refractivity contribution in [1.82, 2.24) is 0 Å². The molecule has 454 valence electrons. The highest BCUT2D eigenvalue weighted by Gasteiger charge is 2.59. The summed E-state index contributed by atoms with van der Waals surface area (Å²) in [6.07, 6.45) is -68.4. The molecule has 0 aliphatic carbocycles. The van der Waals surface area contributed by atoms with Crippen LogP contribution in [0.4, 0.5) is 0 Å². The zero-order valence-electron chi connectivity index (χ0n) is 41.2. The molecular weight excluding hydrogens is 1080 g/mol. The van der Waals surface area contributed by atoms with Crippen LogP contribution in [-0.2, 0) is 71.1 Å². The maximum Gasteiger partial charge on any atom is 0.187 e. The summed E-state index contributed by atoms with van der Waals surface area (Å²) < 4.78 is 85.8. The van der Waals surface area contributed by atoms with Gasteiger partial charge >= 0.3 is 0 Å². The summed E-state index contributed by atoms with van der Waals surface area (Å²) in [6.45, 7) is -7.16. The van der Waals surface area contributed by atoms with Crippen molar-refractivity contribution in [2.24, 2.45) is 0 Å². The van der Waals surface area contributed by atoms with Gasteiger partial charge in [0.1, 0.15) is 171 Å². The fourth-order valence-electron chi connectivity index (χ4n) is 10.7.